The summed E-state index contributed by atoms with van der Waals surface area (Å²) in [6.07, 6.45) is 0. The summed E-state index contributed by atoms with van der Waals surface area (Å²) in [5, 5.41) is 8.97. The van der Waals surface area contributed by atoms with Crippen LogP contribution in [0.15, 0.2) is 28.7 Å². The highest BCUT2D eigenvalue weighted by atomic mass is 79.9. The number of thiophene rings is 1. The van der Waals surface area contributed by atoms with E-state index >= 15 is 0 Å². The molecule has 0 atom stereocenters. The minimum atomic E-state index is -0.984. The van der Waals surface area contributed by atoms with Crippen molar-refractivity contribution in [2.75, 3.05) is 5.73 Å². The van der Waals surface area contributed by atoms with Crippen molar-refractivity contribution >= 4 is 38.9 Å². The molecule has 88 valence electrons. The van der Waals surface area contributed by atoms with E-state index in [0.29, 0.717) is 5.69 Å². The van der Waals surface area contributed by atoms with Gasteiger partial charge in [0.05, 0.1) is 5.69 Å². The van der Waals surface area contributed by atoms with Crippen molar-refractivity contribution in [1.29, 1.82) is 0 Å². The molecule has 0 bridgehead atoms. The first-order chi connectivity index (χ1) is 7.99. The molecule has 0 saturated carbocycles. The van der Waals surface area contributed by atoms with Crippen molar-refractivity contribution in [1.82, 2.24) is 0 Å². The topological polar surface area (TPSA) is 63.3 Å². The van der Waals surface area contributed by atoms with Crippen LogP contribution < -0.4 is 5.73 Å². The van der Waals surface area contributed by atoms with Gasteiger partial charge in [-0.1, -0.05) is 27.6 Å². The predicted octanol–water partition coefficient (Wildman–Crippen LogP) is 3.77. The number of benzene rings is 1. The quantitative estimate of drug-likeness (QED) is 0.887. The van der Waals surface area contributed by atoms with Gasteiger partial charge in [-0.15, -0.1) is 11.3 Å². The Morgan fingerprint density at radius 2 is 2.12 bits per heavy atom. The molecule has 1 aromatic carbocycles. The Balaban J connectivity index is 2.57. The lowest BCUT2D eigenvalue weighted by Crippen LogP contribution is -1.96. The number of carboxylic acids is 1. The van der Waals surface area contributed by atoms with Crippen LogP contribution in [0.3, 0.4) is 0 Å². The summed E-state index contributed by atoms with van der Waals surface area (Å²) in [6.45, 7) is 1.99. The summed E-state index contributed by atoms with van der Waals surface area (Å²) < 4.78 is 0.932. The fourth-order valence-electron chi connectivity index (χ4n) is 1.53. The molecule has 5 heteroatoms. The maximum Gasteiger partial charge on any atom is 0.348 e. The van der Waals surface area contributed by atoms with E-state index in [1.807, 2.05) is 25.1 Å². The van der Waals surface area contributed by atoms with Crippen LogP contribution >= 0.6 is 27.3 Å². The molecule has 0 radical (unpaired) electrons. The molecule has 0 aliphatic rings. The Hall–Kier alpha value is -1.33. The SMILES string of the molecule is Cc1ccc(Br)c(-c2cc(N)c(C(=O)O)s2)c1. The molecule has 0 fully saturated rings. The predicted molar refractivity (Wildman–Crippen MR) is 73.6 cm³/mol. The number of hydrogen-bond donors (Lipinski definition) is 2. The standard InChI is InChI=1S/C12H10BrNO2S/c1-6-2-3-8(13)7(4-6)10-5-9(14)11(17-10)12(15)16/h2-5H,14H2,1H3,(H,15,16). The number of aryl methyl sites for hydroxylation is 1. The van der Waals surface area contributed by atoms with Crippen LogP contribution in [0.4, 0.5) is 5.69 Å². The van der Waals surface area contributed by atoms with Gasteiger partial charge in [0.15, 0.2) is 0 Å². The fraction of sp³-hybridized carbons (Fsp3) is 0.0833. The Labute approximate surface area is 111 Å². The van der Waals surface area contributed by atoms with E-state index < -0.39 is 5.97 Å². The summed E-state index contributed by atoms with van der Waals surface area (Å²) >= 11 is 4.65. The van der Waals surface area contributed by atoms with Crippen LogP contribution in [0.5, 0.6) is 0 Å². The van der Waals surface area contributed by atoms with Gasteiger partial charge in [-0.05, 0) is 25.1 Å². The van der Waals surface area contributed by atoms with E-state index in [1.54, 1.807) is 6.07 Å². The molecule has 0 unspecified atom stereocenters. The first kappa shape index (κ1) is 12.1. The number of nitrogen functional groups attached to an aromatic ring is 1. The fourth-order valence-corrected chi connectivity index (χ4v) is 3.07. The van der Waals surface area contributed by atoms with E-state index in [9.17, 15) is 4.79 Å². The number of aromatic carboxylic acids is 1. The van der Waals surface area contributed by atoms with Crippen LogP contribution in [-0.4, -0.2) is 11.1 Å². The second-order valence-electron chi connectivity index (χ2n) is 3.68. The number of carboxylic acid groups (broad SMARTS) is 1. The highest BCUT2D eigenvalue weighted by molar-refractivity contribution is 9.10. The molecular formula is C12H10BrNO2S. The minimum absolute atomic E-state index is 0.188. The van der Waals surface area contributed by atoms with Crippen molar-refractivity contribution < 1.29 is 9.90 Å². The molecular weight excluding hydrogens is 302 g/mol. The highest BCUT2D eigenvalue weighted by Gasteiger charge is 2.15. The minimum Gasteiger partial charge on any atom is -0.477 e. The molecule has 1 aromatic heterocycles. The number of carbonyl (C=O) groups is 1. The van der Waals surface area contributed by atoms with Crippen molar-refractivity contribution in [2.24, 2.45) is 0 Å². The summed E-state index contributed by atoms with van der Waals surface area (Å²) in [5.74, 6) is -0.984. The Morgan fingerprint density at radius 3 is 2.71 bits per heavy atom. The lowest BCUT2D eigenvalue weighted by atomic mass is 10.1. The highest BCUT2D eigenvalue weighted by Crippen LogP contribution is 2.37. The summed E-state index contributed by atoms with van der Waals surface area (Å²) in [6, 6.07) is 7.64. The van der Waals surface area contributed by atoms with E-state index in [0.717, 1.165) is 20.5 Å². The maximum absolute atomic E-state index is 10.9. The smallest absolute Gasteiger partial charge is 0.348 e. The summed E-state index contributed by atoms with van der Waals surface area (Å²) in [4.78, 5) is 12.0. The van der Waals surface area contributed by atoms with E-state index in [-0.39, 0.29) is 4.88 Å². The number of nitrogens with two attached hydrogens (primary N) is 1. The molecule has 0 spiro atoms. The van der Waals surface area contributed by atoms with Crippen LogP contribution in [-0.2, 0) is 0 Å². The Morgan fingerprint density at radius 1 is 1.41 bits per heavy atom. The normalized spacial score (nSPS) is 10.5. The molecule has 1 heterocycles. The molecule has 0 aliphatic carbocycles. The van der Waals surface area contributed by atoms with Gasteiger partial charge in [-0.2, -0.15) is 0 Å². The molecule has 0 amide bonds. The third-order valence-corrected chi connectivity index (χ3v) is 4.21. The van der Waals surface area contributed by atoms with Crippen LogP contribution in [0.2, 0.25) is 0 Å². The Bertz CT molecular complexity index is 592. The molecule has 0 aliphatic heterocycles. The average molecular weight is 312 g/mol. The first-order valence-corrected chi connectivity index (χ1v) is 6.49. The average Bonchev–Trinajstić information content (AvgIpc) is 2.64. The van der Waals surface area contributed by atoms with Gasteiger partial charge in [0.25, 0.3) is 0 Å². The van der Waals surface area contributed by atoms with Crippen LogP contribution in [0, 0.1) is 6.92 Å². The maximum atomic E-state index is 10.9. The summed E-state index contributed by atoms with van der Waals surface area (Å²) in [7, 11) is 0. The van der Waals surface area contributed by atoms with Gasteiger partial charge in [0.2, 0.25) is 0 Å². The third-order valence-electron chi connectivity index (χ3n) is 2.34. The lowest BCUT2D eigenvalue weighted by molar-refractivity contribution is 0.0703. The molecule has 3 nitrogen and oxygen atoms in total. The molecule has 0 saturated heterocycles. The summed E-state index contributed by atoms with van der Waals surface area (Å²) in [5.41, 5.74) is 8.08. The zero-order valence-electron chi connectivity index (χ0n) is 9.03. The molecule has 2 aromatic rings. The zero-order chi connectivity index (χ0) is 12.6. The zero-order valence-corrected chi connectivity index (χ0v) is 11.4. The largest absolute Gasteiger partial charge is 0.477 e. The van der Waals surface area contributed by atoms with Gasteiger partial charge in [0, 0.05) is 14.9 Å². The van der Waals surface area contributed by atoms with Crippen molar-refractivity contribution in [2.45, 2.75) is 6.92 Å². The first-order valence-electron chi connectivity index (χ1n) is 4.88. The van der Waals surface area contributed by atoms with Gasteiger partial charge in [-0.3, -0.25) is 0 Å². The van der Waals surface area contributed by atoms with Crippen molar-refractivity contribution in [3.8, 4) is 10.4 Å². The van der Waals surface area contributed by atoms with Gasteiger partial charge < -0.3 is 10.8 Å². The number of halogens is 1. The molecule has 2 rings (SSSR count). The third kappa shape index (κ3) is 2.35. The van der Waals surface area contributed by atoms with E-state index in [1.165, 1.54) is 11.3 Å². The second kappa shape index (κ2) is 4.50. The van der Waals surface area contributed by atoms with Gasteiger partial charge in [-0.25, -0.2) is 4.79 Å². The van der Waals surface area contributed by atoms with E-state index in [2.05, 4.69) is 15.9 Å². The Kier molecular flexibility index (Phi) is 3.22. The molecule has 3 N–H and O–H groups in total. The lowest BCUT2D eigenvalue weighted by Gasteiger charge is -2.02. The van der Waals surface area contributed by atoms with Crippen LogP contribution in [0.1, 0.15) is 15.2 Å². The van der Waals surface area contributed by atoms with Crippen LogP contribution in [0.25, 0.3) is 10.4 Å². The monoisotopic (exact) mass is 311 g/mol. The number of hydrogen-bond acceptors (Lipinski definition) is 3. The van der Waals surface area contributed by atoms with Crippen molar-refractivity contribution in [3.63, 3.8) is 0 Å². The number of rotatable bonds is 2. The number of anilines is 1. The molecule has 17 heavy (non-hydrogen) atoms. The van der Waals surface area contributed by atoms with E-state index in [4.69, 9.17) is 10.8 Å². The van der Waals surface area contributed by atoms with Crippen molar-refractivity contribution in [3.05, 3.63) is 39.2 Å². The van der Waals surface area contributed by atoms with Gasteiger partial charge >= 0.3 is 5.97 Å². The van der Waals surface area contributed by atoms with Gasteiger partial charge in [0.1, 0.15) is 4.88 Å². The second-order valence-corrected chi connectivity index (χ2v) is 5.59.